The van der Waals surface area contributed by atoms with Crippen LogP contribution in [-0.2, 0) is 11.3 Å². The molecule has 24 heavy (non-hydrogen) atoms. The fourth-order valence-electron chi connectivity index (χ4n) is 2.28. The second kappa shape index (κ2) is 7.60. The first-order chi connectivity index (χ1) is 11.7. The molecule has 0 atom stereocenters. The molecule has 0 radical (unpaired) electrons. The Morgan fingerprint density at radius 2 is 1.75 bits per heavy atom. The Labute approximate surface area is 150 Å². The number of halogens is 1. The number of carbonyl (C=O) groups is 1. The molecule has 2 aromatic carbocycles. The van der Waals surface area contributed by atoms with E-state index in [1.54, 1.807) is 11.3 Å². The molecule has 1 N–H and O–H groups in total. The lowest BCUT2D eigenvalue weighted by Crippen LogP contribution is -2.23. The molecule has 0 aliphatic rings. The summed E-state index contributed by atoms with van der Waals surface area (Å²) in [6, 6.07) is 16.4. The van der Waals surface area contributed by atoms with Crippen LogP contribution >= 0.6 is 22.9 Å². The van der Waals surface area contributed by atoms with E-state index in [2.05, 4.69) is 41.9 Å². The van der Waals surface area contributed by atoms with Crippen molar-refractivity contribution >= 4 is 28.8 Å². The number of nitrogens with zero attached hydrogens (tertiary/aromatic N) is 1. The molecule has 0 saturated heterocycles. The molecule has 0 spiro atoms. The number of thiazole rings is 1. The molecule has 0 bridgehead atoms. The zero-order valence-electron chi connectivity index (χ0n) is 13.3. The zero-order chi connectivity index (χ0) is 16.9. The summed E-state index contributed by atoms with van der Waals surface area (Å²) in [6.45, 7) is 2.56. The monoisotopic (exact) mass is 356 g/mol. The Balaban J connectivity index is 1.73. The maximum atomic E-state index is 11.2. The van der Waals surface area contributed by atoms with Crippen LogP contribution in [0.15, 0.2) is 53.9 Å². The van der Waals surface area contributed by atoms with Gasteiger partial charge in [-0.15, -0.1) is 22.9 Å². The van der Waals surface area contributed by atoms with Gasteiger partial charge >= 0.3 is 0 Å². The maximum Gasteiger partial charge on any atom is 0.235 e. The van der Waals surface area contributed by atoms with Crippen molar-refractivity contribution in [1.29, 1.82) is 0 Å². The molecule has 3 rings (SSSR count). The Morgan fingerprint density at radius 3 is 2.42 bits per heavy atom. The fraction of sp³-hybridized carbons (Fsp3) is 0.158. The standard InChI is InChI=1S/C19H17ClN2OS/c1-13-2-6-15(7-3-13)17-12-24-19(22-17)16-8-4-14(5-9-16)11-21-18(23)10-20/h2-9,12H,10-11H2,1H3,(H,21,23). The van der Waals surface area contributed by atoms with Gasteiger partial charge in [-0.3, -0.25) is 4.79 Å². The van der Waals surface area contributed by atoms with Gasteiger partial charge in [0.2, 0.25) is 5.91 Å². The SMILES string of the molecule is Cc1ccc(-c2csc(-c3ccc(CNC(=O)CCl)cc3)n2)cc1. The fourth-order valence-corrected chi connectivity index (χ4v) is 3.21. The van der Waals surface area contributed by atoms with Crippen LogP contribution in [0.5, 0.6) is 0 Å². The molecule has 3 aromatic rings. The zero-order valence-corrected chi connectivity index (χ0v) is 14.8. The van der Waals surface area contributed by atoms with Crippen molar-refractivity contribution in [3.63, 3.8) is 0 Å². The van der Waals surface area contributed by atoms with Gasteiger partial charge < -0.3 is 5.32 Å². The van der Waals surface area contributed by atoms with Crippen molar-refractivity contribution in [3.8, 4) is 21.8 Å². The predicted octanol–water partition coefficient (Wildman–Crippen LogP) is 4.64. The van der Waals surface area contributed by atoms with E-state index in [0.29, 0.717) is 6.54 Å². The largest absolute Gasteiger partial charge is 0.351 e. The van der Waals surface area contributed by atoms with E-state index >= 15 is 0 Å². The summed E-state index contributed by atoms with van der Waals surface area (Å²) in [7, 11) is 0. The van der Waals surface area contributed by atoms with Crippen molar-refractivity contribution in [2.75, 3.05) is 5.88 Å². The van der Waals surface area contributed by atoms with Crippen LogP contribution in [0.1, 0.15) is 11.1 Å². The normalized spacial score (nSPS) is 10.6. The summed E-state index contributed by atoms with van der Waals surface area (Å²) < 4.78 is 0. The molecule has 5 heteroatoms. The van der Waals surface area contributed by atoms with Crippen LogP contribution in [0, 0.1) is 6.92 Å². The van der Waals surface area contributed by atoms with Crippen LogP contribution in [0.3, 0.4) is 0 Å². The summed E-state index contributed by atoms with van der Waals surface area (Å²) in [5, 5.41) is 5.82. The lowest BCUT2D eigenvalue weighted by molar-refractivity contribution is -0.118. The maximum absolute atomic E-state index is 11.2. The average Bonchev–Trinajstić information content (AvgIpc) is 3.11. The lowest BCUT2D eigenvalue weighted by atomic mass is 10.1. The van der Waals surface area contributed by atoms with Crippen LogP contribution in [0.4, 0.5) is 0 Å². The lowest BCUT2D eigenvalue weighted by Gasteiger charge is -2.04. The Morgan fingerprint density at radius 1 is 1.08 bits per heavy atom. The number of alkyl halides is 1. The van der Waals surface area contributed by atoms with E-state index in [0.717, 1.165) is 27.4 Å². The number of hydrogen-bond acceptors (Lipinski definition) is 3. The van der Waals surface area contributed by atoms with Gasteiger partial charge in [0.25, 0.3) is 0 Å². The molecular weight excluding hydrogens is 340 g/mol. The first-order valence-electron chi connectivity index (χ1n) is 7.60. The second-order valence-electron chi connectivity index (χ2n) is 5.51. The van der Waals surface area contributed by atoms with Crippen molar-refractivity contribution in [3.05, 3.63) is 65.0 Å². The van der Waals surface area contributed by atoms with Gasteiger partial charge in [-0.1, -0.05) is 54.1 Å². The highest BCUT2D eigenvalue weighted by molar-refractivity contribution is 7.13. The number of hydrogen-bond donors (Lipinski definition) is 1. The van der Waals surface area contributed by atoms with Crippen LogP contribution in [-0.4, -0.2) is 16.8 Å². The first kappa shape index (κ1) is 16.7. The average molecular weight is 357 g/mol. The van der Waals surface area contributed by atoms with E-state index in [4.69, 9.17) is 16.6 Å². The van der Waals surface area contributed by atoms with Crippen molar-refractivity contribution in [1.82, 2.24) is 10.3 Å². The van der Waals surface area contributed by atoms with E-state index in [-0.39, 0.29) is 11.8 Å². The van der Waals surface area contributed by atoms with E-state index in [9.17, 15) is 4.79 Å². The number of amides is 1. The smallest absolute Gasteiger partial charge is 0.235 e. The number of nitrogens with one attached hydrogen (secondary N) is 1. The second-order valence-corrected chi connectivity index (χ2v) is 6.64. The molecule has 122 valence electrons. The van der Waals surface area contributed by atoms with E-state index in [1.807, 2.05) is 24.3 Å². The highest BCUT2D eigenvalue weighted by atomic mass is 35.5. The molecule has 0 aliphatic carbocycles. The number of benzene rings is 2. The molecule has 3 nitrogen and oxygen atoms in total. The Bertz CT molecular complexity index is 825. The Kier molecular flexibility index (Phi) is 5.28. The van der Waals surface area contributed by atoms with Gasteiger partial charge in [-0.25, -0.2) is 4.98 Å². The molecule has 1 amide bonds. The predicted molar refractivity (Wildman–Crippen MR) is 100 cm³/mol. The molecule has 0 aliphatic heterocycles. The van der Waals surface area contributed by atoms with Gasteiger partial charge in [0.1, 0.15) is 10.9 Å². The van der Waals surface area contributed by atoms with Gasteiger partial charge in [-0.2, -0.15) is 0 Å². The molecule has 0 unspecified atom stereocenters. The van der Waals surface area contributed by atoms with Crippen molar-refractivity contribution in [2.45, 2.75) is 13.5 Å². The highest BCUT2D eigenvalue weighted by Gasteiger charge is 2.07. The number of aryl methyl sites for hydroxylation is 1. The minimum Gasteiger partial charge on any atom is -0.351 e. The first-order valence-corrected chi connectivity index (χ1v) is 9.01. The molecule has 0 fully saturated rings. The summed E-state index contributed by atoms with van der Waals surface area (Å²) in [4.78, 5) is 15.9. The highest BCUT2D eigenvalue weighted by Crippen LogP contribution is 2.29. The third-order valence-corrected chi connectivity index (χ3v) is 4.80. The Hall–Kier alpha value is -2.17. The van der Waals surface area contributed by atoms with E-state index < -0.39 is 0 Å². The van der Waals surface area contributed by atoms with Crippen LogP contribution in [0.2, 0.25) is 0 Å². The summed E-state index contributed by atoms with van der Waals surface area (Å²) in [6.07, 6.45) is 0. The number of aromatic nitrogens is 1. The topological polar surface area (TPSA) is 42.0 Å². The molecular formula is C19H17ClN2OS. The van der Waals surface area contributed by atoms with Gasteiger partial charge in [-0.05, 0) is 12.5 Å². The summed E-state index contributed by atoms with van der Waals surface area (Å²) in [5.74, 6) is -0.178. The van der Waals surface area contributed by atoms with Gasteiger partial charge in [0, 0.05) is 23.1 Å². The molecule has 1 heterocycles. The van der Waals surface area contributed by atoms with Crippen LogP contribution < -0.4 is 5.32 Å². The quantitative estimate of drug-likeness (QED) is 0.676. The van der Waals surface area contributed by atoms with Crippen molar-refractivity contribution in [2.24, 2.45) is 0 Å². The van der Waals surface area contributed by atoms with Crippen molar-refractivity contribution < 1.29 is 4.79 Å². The summed E-state index contributed by atoms with van der Waals surface area (Å²) >= 11 is 7.10. The summed E-state index contributed by atoms with van der Waals surface area (Å²) in [5.41, 5.74) is 5.47. The molecule has 1 aromatic heterocycles. The minimum atomic E-state index is -0.164. The van der Waals surface area contributed by atoms with Gasteiger partial charge in [0.15, 0.2) is 0 Å². The van der Waals surface area contributed by atoms with E-state index in [1.165, 1.54) is 5.56 Å². The third-order valence-electron chi connectivity index (χ3n) is 3.66. The minimum absolute atomic E-state index is 0.0149. The van der Waals surface area contributed by atoms with Crippen LogP contribution in [0.25, 0.3) is 21.8 Å². The number of carbonyl (C=O) groups excluding carboxylic acids is 1. The number of rotatable bonds is 5. The molecule has 0 saturated carbocycles. The third kappa shape index (κ3) is 4.02. The van der Waals surface area contributed by atoms with Gasteiger partial charge in [0.05, 0.1) is 5.69 Å².